The van der Waals surface area contributed by atoms with Crippen molar-refractivity contribution in [2.45, 2.75) is 30.2 Å². The normalized spacial score (nSPS) is 19.7. The number of hydrogen-bond donors (Lipinski definition) is 1. The molecule has 2 aliphatic heterocycles. The van der Waals surface area contributed by atoms with E-state index in [9.17, 15) is 21.6 Å². The predicted octanol–water partition coefficient (Wildman–Crippen LogP) is 1.88. The van der Waals surface area contributed by atoms with E-state index in [1.54, 1.807) is 0 Å². The van der Waals surface area contributed by atoms with Crippen LogP contribution >= 0.6 is 0 Å². The van der Waals surface area contributed by atoms with E-state index in [1.165, 1.54) is 25.3 Å². The third kappa shape index (κ3) is 4.91. The fourth-order valence-electron chi connectivity index (χ4n) is 4.32. The molecule has 33 heavy (non-hydrogen) atoms. The van der Waals surface area contributed by atoms with Crippen LogP contribution in [0, 0.1) is 0 Å². The molecule has 1 N–H and O–H groups in total. The van der Waals surface area contributed by atoms with Gasteiger partial charge in [-0.15, -0.1) is 0 Å². The molecule has 2 aromatic carbocycles. The van der Waals surface area contributed by atoms with Gasteiger partial charge in [0.1, 0.15) is 10.6 Å². The van der Waals surface area contributed by atoms with Crippen molar-refractivity contribution in [3.8, 4) is 5.75 Å². The maximum Gasteiger partial charge on any atom is 0.244 e. The molecule has 0 aliphatic carbocycles. The molecule has 1 amide bonds. The molecule has 2 aliphatic rings. The Balaban J connectivity index is 1.64. The van der Waals surface area contributed by atoms with Gasteiger partial charge in [-0.1, -0.05) is 30.3 Å². The third-order valence-electron chi connectivity index (χ3n) is 5.98. The number of carbonyl (C=O) groups is 1. The number of anilines is 1. The van der Waals surface area contributed by atoms with Crippen LogP contribution in [-0.2, 0) is 24.8 Å². The average molecular weight is 494 g/mol. The van der Waals surface area contributed by atoms with E-state index in [1.807, 2.05) is 30.3 Å². The van der Waals surface area contributed by atoms with Crippen LogP contribution in [0.3, 0.4) is 0 Å². The molecule has 0 aromatic heterocycles. The van der Waals surface area contributed by atoms with Gasteiger partial charge < -0.3 is 4.74 Å². The van der Waals surface area contributed by atoms with Crippen LogP contribution in [0.4, 0.5) is 5.69 Å². The molecule has 2 saturated heterocycles. The number of nitrogens with zero attached hydrogens (tertiary/aromatic N) is 2. The van der Waals surface area contributed by atoms with Gasteiger partial charge in [-0.05, 0) is 49.7 Å². The van der Waals surface area contributed by atoms with Crippen LogP contribution in [0.25, 0.3) is 0 Å². The molecule has 178 valence electrons. The van der Waals surface area contributed by atoms with E-state index in [0.29, 0.717) is 4.31 Å². The van der Waals surface area contributed by atoms with Crippen molar-refractivity contribution in [3.63, 3.8) is 0 Å². The maximum absolute atomic E-state index is 13.3. The van der Waals surface area contributed by atoms with Crippen LogP contribution < -0.4 is 13.8 Å². The van der Waals surface area contributed by atoms with E-state index in [4.69, 9.17) is 4.74 Å². The number of sulfonamides is 2. The van der Waals surface area contributed by atoms with Crippen molar-refractivity contribution in [3.05, 3.63) is 54.1 Å². The summed E-state index contributed by atoms with van der Waals surface area (Å²) in [6.07, 6.45) is 1.98. The topological polar surface area (TPSA) is 113 Å². The van der Waals surface area contributed by atoms with Crippen LogP contribution in [0.1, 0.15) is 30.9 Å². The lowest BCUT2D eigenvalue weighted by Crippen LogP contribution is -2.37. The first-order valence-electron chi connectivity index (χ1n) is 10.8. The minimum absolute atomic E-state index is 0.0159. The van der Waals surface area contributed by atoms with Gasteiger partial charge in [-0.3, -0.25) is 9.69 Å². The molecule has 11 heteroatoms. The number of carbonyl (C=O) groups excluding carboxylic acids is 1. The summed E-state index contributed by atoms with van der Waals surface area (Å²) in [5.41, 5.74) is 0.995. The molecule has 4 rings (SSSR count). The lowest BCUT2D eigenvalue weighted by molar-refractivity contribution is -0.116. The Labute approximate surface area is 194 Å². The summed E-state index contributed by atoms with van der Waals surface area (Å²) >= 11 is 0. The fourth-order valence-corrected chi connectivity index (χ4v) is 7.00. The van der Waals surface area contributed by atoms with Gasteiger partial charge in [0.2, 0.25) is 26.0 Å². The van der Waals surface area contributed by atoms with Crippen molar-refractivity contribution >= 4 is 31.6 Å². The molecule has 2 fully saturated rings. The summed E-state index contributed by atoms with van der Waals surface area (Å²) in [4.78, 5) is 14.2. The molecule has 0 unspecified atom stereocenters. The Morgan fingerprint density at radius 1 is 1.09 bits per heavy atom. The average Bonchev–Trinajstić information content (AvgIpc) is 3.42. The number of nitrogens with one attached hydrogen (secondary N) is 1. The number of ether oxygens (including phenoxy) is 1. The number of rotatable bonds is 8. The Morgan fingerprint density at radius 2 is 1.79 bits per heavy atom. The highest BCUT2D eigenvalue weighted by Crippen LogP contribution is 2.33. The minimum atomic E-state index is -4.08. The van der Waals surface area contributed by atoms with Gasteiger partial charge >= 0.3 is 0 Å². The summed E-state index contributed by atoms with van der Waals surface area (Å²) < 4.78 is 59.8. The molecule has 0 saturated carbocycles. The highest BCUT2D eigenvalue weighted by atomic mass is 32.2. The van der Waals surface area contributed by atoms with Gasteiger partial charge in [0, 0.05) is 19.0 Å². The number of benzene rings is 2. The van der Waals surface area contributed by atoms with Crippen molar-refractivity contribution in [1.82, 2.24) is 9.62 Å². The number of hydrogen-bond acceptors (Lipinski definition) is 7. The maximum atomic E-state index is 13.3. The first-order valence-corrected chi connectivity index (χ1v) is 13.8. The molecule has 0 spiro atoms. The summed E-state index contributed by atoms with van der Waals surface area (Å²) in [7, 11) is -6.56. The highest BCUT2D eigenvalue weighted by Gasteiger charge is 2.37. The first-order chi connectivity index (χ1) is 15.7. The standard InChI is InChI=1S/C22H27N3O6S2/c1-31-20-10-9-18(25-22(26)11-14-32(25,27)28)15-21(20)33(29,30)23-16-19(24-12-5-6-13-24)17-7-3-2-4-8-17/h2-4,7-10,15,19,23H,5-6,11-14,16H2,1H3/t19-/m0/s1. The third-order valence-corrected chi connectivity index (χ3v) is 9.12. The Hall–Kier alpha value is -2.47. The monoisotopic (exact) mass is 493 g/mol. The zero-order valence-electron chi connectivity index (χ0n) is 18.3. The Bertz CT molecular complexity index is 1230. The van der Waals surface area contributed by atoms with Crippen LogP contribution in [0.2, 0.25) is 0 Å². The van der Waals surface area contributed by atoms with E-state index in [0.717, 1.165) is 31.5 Å². The van der Waals surface area contributed by atoms with Gasteiger partial charge in [-0.2, -0.15) is 0 Å². The highest BCUT2D eigenvalue weighted by molar-refractivity contribution is 7.94. The molecule has 2 aromatic rings. The van der Waals surface area contributed by atoms with Crippen LogP contribution in [-0.4, -0.2) is 60.1 Å². The zero-order valence-corrected chi connectivity index (χ0v) is 19.9. The summed E-state index contributed by atoms with van der Waals surface area (Å²) in [6.45, 7) is 1.91. The van der Waals surface area contributed by atoms with E-state index < -0.39 is 26.0 Å². The van der Waals surface area contributed by atoms with Crippen LogP contribution in [0.15, 0.2) is 53.4 Å². The molecular formula is C22H27N3O6S2. The summed E-state index contributed by atoms with van der Waals surface area (Å²) in [6, 6.07) is 13.5. The largest absolute Gasteiger partial charge is 0.495 e. The van der Waals surface area contributed by atoms with Gasteiger partial charge in [-0.25, -0.2) is 25.9 Å². The van der Waals surface area contributed by atoms with Gasteiger partial charge in [0.25, 0.3) is 0 Å². The number of methoxy groups -OCH3 is 1. The first kappa shape index (κ1) is 23.7. The van der Waals surface area contributed by atoms with Crippen molar-refractivity contribution in [2.24, 2.45) is 0 Å². The molecule has 0 bridgehead atoms. The van der Waals surface area contributed by atoms with Gasteiger partial charge in [0.05, 0.1) is 18.6 Å². The Morgan fingerprint density at radius 3 is 2.39 bits per heavy atom. The van der Waals surface area contributed by atoms with Crippen molar-refractivity contribution < 1.29 is 26.4 Å². The van der Waals surface area contributed by atoms with Gasteiger partial charge in [0.15, 0.2) is 0 Å². The quantitative estimate of drug-likeness (QED) is 0.597. The molecule has 2 heterocycles. The second-order valence-corrected chi connectivity index (χ2v) is 11.8. The fraction of sp³-hybridized carbons (Fsp3) is 0.409. The summed E-state index contributed by atoms with van der Waals surface area (Å²) in [5.74, 6) is -0.824. The minimum Gasteiger partial charge on any atom is -0.495 e. The van der Waals surface area contributed by atoms with Crippen LogP contribution in [0.5, 0.6) is 5.75 Å². The SMILES string of the molecule is COc1ccc(N2C(=O)CCS2(=O)=O)cc1S(=O)(=O)NC[C@@H](c1ccccc1)N1CCCC1. The van der Waals surface area contributed by atoms with E-state index in [2.05, 4.69) is 9.62 Å². The van der Waals surface area contributed by atoms with Crippen molar-refractivity contribution in [1.29, 1.82) is 0 Å². The summed E-state index contributed by atoms with van der Waals surface area (Å²) in [5, 5.41) is 0. The predicted molar refractivity (Wildman–Crippen MR) is 124 cm³/mol. The lowest BCUT2D eigenvalue weighted by atomic mass is 10.1. The second kappa shape index (κ2) is 9.41. The molecule has 9 nitrogen and oxygen atoms in total. The number of likely N-dealkylation sites (tertiary alicyclic amines) is 1. The zero-order chi connectivity index (χ0) is 23.6. The second-order valence-electron chi connectivity index (χ2n) is 8.08. The molecular weight excluding hydrogens is 466 g/mol. The van der Waals surface area contributed by atoms with Crippen molar-refractivity contribution in [2.75, 3.05) is 36.8 Å². The molecule has 0 radical (unpaired) electrons. The Kier molecular flexibility index (Phi) is 6.76. The lowest BCUT2D eigenvalue weighted by Gasteiger charge is -2.28. The van der Waals surface area contributed by atoms with E-state index >= 15 is 0 Å². The van der Waals surface area contributed by atoms with E-state index in [-0.39, 0.29) is 41.1 Å². The molecule has 1 atom stereocenters. The smallest absolute Gasteiger partial charge is 0.244 e. The number of amides is 1.